The third-order valence-corrected chi connectivity index (χ3v) is 14.8. The minimum absolute atomic E-state index is 0.0161. The Bertz CT molecular complexity index is 2640. The molecule has 2 aliphatic heterocycles. The molecule has 2 aliphatic rings. The summed E-state index contributed by atoms with van der Waals surface area (Å²) < 4.78 is 13.4. The molecule has 8 atom stereocenters. The van der Waals surface area contributed by atoms with Gasteiger partial charge in [-0.3, -0.25) is 19.2 Å². The number of likely N-dealkylation sites (tertiary alicyclic amines) is 1. The average molecular weight is 1020 g/mol. The number of benzene rings is 2. The maximum absolute atomic E-state index is 14.1. The molecule has 0 bridgehead atoms. The van der Waals surface area contributed by atoms with E-state index in [1.165, 1.54) is 15.8 Å². The SMILES string of the molecule is Cc1ncsc1-c1ccc(CNC(=O)[C@@H]2C[C@@H](O)CN2C(=O)[C@@H](CC(=O)CCCCCCCC(=O)CCCOc2cc([C@@H](O)[C@H]3O[C@@H](n4ccc5c(N)ncnc54)[C@H](O)[C@@H]3O)ccc2Cl)C(C)(C)C)cc1. The lowest BCUT2D eigenvalue weighted by Gasteiger charge is -2.34. The number of carbonyl (C=O) groups excluding carboxylic acids is 4. The molecule has 2 fully saturated rings. The summed E-state index contributed by atoms with van der Waals surface area (Å²) in [4.78, 5) is 68.6. The molecule has 7 rings (SSSR count). The van der Waals surface area contributed by atoms with Crippen molar-refractivity contribution in [2.45, 2.75) is 148 Å². The number of β-amino-alcohol motifs (C(OH)–C–C–N with tert-alkyl or cyclic N) is 1. The molecule has 17 nitrogen and oxygen atoms in total. The molecule has 0 unspecified atom stereocenters. The van der Waals surface area contributed by atoms with Gasteiger partial charge in [0.25, 0.3) is 0 Å². The van der Waals surface area contributed by atoms with E-state index >= 15 is 0 Å². The Labute approximate surface area is 422 Å². The summed E-state index contributed by atoms with van der Waals surface area (Å²) in [6.07, 6.45) is 1.27. The van der Waals surface area contributed by atoms with Crippen molar-refractivity contribution < 1.29 is 49.1 Å². The Hall–Kier alpha value is -5.34. The second-order valence-corrected chi connectivity index (χ2v) is 21.1. The van der Waals surface area contributed by atoms with Gasteiger partial charge in [-0.15, -0.1) is 11.3 Å². The van der Waals surface area contributed by atoms with Crippen LogP contribution in [0.25, 0.3) is 21.5 Å². The zero-order chi connectivity index (χ0) is 51.0. The quantitative estimate of drug-likeness (QED) is 0.0368. The van der Waals surface area contributed by atoms with Crippen molar-refractivity contribution >= 4 is 63.2 Å². The largest absolute Gasteiger partial charge is 0.492 e. The van der Waals surface area contributed by atoms with Crippen molar-refractivity contribution in [3.05, 3.63) is 88.4 Å². The molecule has 0 saturated carbocycles. The number of amides is 2. The Balaban J connectivity index is 0.778. The minimum atomic E-state index is -1.44. The number of Topliss-reactive ketones (excluding diaryl/α,β-unsaturated/α-hetero) is 2. The summed E-state index contributed by atoms with van der Waals surface area (Å²) in [5, 5.41) is 47.5. The highest BCUT2D eigenvalue weighted by Crippen LogP contribution is 2.40. The number of nitrogens with one attached hydrogen (secondary N) is 1. The summed E-state index contributed by atoms with van der Waals surface area (Å²) in [5.74, 6) is -0.647. The van der Waals surface area contributed by atoms with Crippen LogP contribution in [-0.2, 0) is 30.5 Å². The van der Waals surface area contributed by atoms with Crippen LogP contribution < -0.4 is 15.8 Å². The number of rotatable bonds is 23. The number of aryl methyl sites for hydroxylation is 1. The Morgan fingerprint density at radius 3 is 2.34 bits per heavy atom. The molecule has 71 heavy (non-hydrogen) atoms. The maximum Gasteiger partial charge on any atom is 0.243 e. The molecule has 5 heterocycles. The van der Waals surface area contributed by atoms with E-state index in [1.54, 1.807) is 41.8 Å². The molecule has 382 valence electrons. The number of halogens is 1. The second-order valence-electron chi connectivity index (χ2n) is 19.8. The molecule has 0 aliphatic carbocycles. The fraction of sp³-hybridized carbons (Fsp3) is 0.519. The van der Waals surface area contributed by atoms with Gasteiger partial charge >= 0.3 is 0 Å². The van der Waals surface area contributed by atoms with E-state index < -0.39 is 54.1 Å². The van der Waals surface area contributed by atoms with Gasteiger partial charge in [-0.1, -0.05) is 82.0 Å². The number of nitrogen functional groups attached to an aromatic ring is 1. The van der Waals surface area contributed by atoms with Gasteiger partial charge in [0.05, 0.1) is 39.2 Å². The van der Waals surface area contributed by atoms with Crippen molar-refractivity contribution in [3.63, 3.8) is 0 Å². The van der Waals surface area contributed by atoms with Crippen LogP contribution in [0.3, 0.4) is 0 Å². The molecule has 0 radical (unpaired) electrons. The lowest BCUT2D eigenvalue weighted by atomic mass is 9.76. The van der Waals surface area contributed by atoms with Gasteiger partial charge in [-0.05, 0) is 66.5 Å². The first-order valence-corrected chi connectivity index (χ1v) is 25.6. The molecule has 0 spiro atoms. The highest BCUT2D eigenvalue weighted by atomic mass is 35.5. The summed E-state index contributed by atoms with van der Waals surface area (Å²) >= 11 is 7.98. The number of aliphatic hydroxyl groups excluding tert-OH is 4. The summed E-state index contributed by atoms with van der Waals surface area (Å²) in [6.45, 7) is 8.24. The lowest BCUT2D eigenvalue weighted by Crippen LogP contribution is -2.50. The predicted octanol–water partition coefficient (Wildman–Crippen LogP) is 6.81. The minimum Gasteiger partial charge on any atom is -0.492 e. The molecule has 2 saturated heterocycles. The van der Waals surface area contributed by atoms with Crippen LogP contribution >= 0.6 is 22.9 Å². The van der Waals surface area contributed by atoms with Crippen molar-refractivity contribution in [2.24, 2.45) is 11.3 Å². The topological polar surface area (TPSA) is 253 Å². The highest BCUT2D eigenvalue weighted by Gasteiger charge is 2.48. The van der Waals surface area contributed by atoms with Crippen LogP contribution in [0.2, 0.25) is 5.02 Å². The monoisotopic (exact) mass is 1020 g/mol. The Morgan fingerprint density at radius 2 is 1.63 bits per heavy atom. The third kappa shape index (κ3) is 13.2. The molecule has 3 aromatic heterocycles. The number of unbranched alkanes of at least 4 members (excludes halogenated alkanes) is 4. The van der Waals surface area contributed by atoms with E-state index in [-0.39, 0.29) is 61.7 Å². The van der Waals surface area contributed by atoms with Crippen molar-refractivity contribution in [1.82, 2.24) is 29.7 Å². The number of thiazole rings is 1. The predicted molar refractivity (Wildman–Crippen MR) is 269 cm³/mol. The number of fused-ring (bicyclic) bond motifs is 1. The van der Waals surface area contributed by atoms with E-state index in [4.69, 9.17) is 26.8 Å². The van der Waals surface area contributed by atoms with Crippen LogP contribution in [0, 0.1) is 18.3 Å². The summed E-state index contributed by atoms with van der Waals surface area (Å²) in [6, 6.07) is 13.4. The number of aliphatic hydroxyl groups is 4. The van der Waals surface area contributed by atoms with Crippen molar-refractivity contribution in [3.8, 4) is 16.2 Å². The number of ether oxygens (including phenoxy) is 2. The Morgan fingerprint density at radius 1 is 0.930 bits per heavy atom. The van der Waals surface area contributed by atoms with Crippen LogP contribution in [0.5, 0.6) is 5.75 Å². The molecule has 5 aromatic rings. The van der Waals surface area contributed by atoms with Crippen LogP contribution in [0.15, 0.2) is 66.6 Å². The van der Waals surface area contributed by atoms with Crippen LogP contribution in [0.1, 0.15) is 121 Å². The number of aromatic nitrogens is 4. The second kappa shape index (κ2) is 23.9. The number of hydrogen-bond acceptors (Lipinski definition) is 15. The number of hydrogen-bond donors (Lipinski definition) is 6. The van der Waals surface area contributed by atoms with Crippen LogP contribution in [-0.4, -0.2) is 112 Å². The third-order valence-electron chi connectivity index (χ3n) is 13.5. The Kier molecular flexibility index (Phi) is 18.0. The highest BCUT2D eigenvalue weighted by molar-refractivity contribution is 7.13. The number of carbonyl (C=O) groups is 4. The average Bonchev–Trinajstić information content (AvgIpc) is 4.14. The normalized spacial score (nSPS) is 21.1. The van der Waals surface area contributed by atoms with E-state index in [9.17, 15) is 39.6 Å². The number of nitrogens with two attached hydrogens (primary N) is 1. The van der Waals surface area contributed by atoms with Gasteiger partial charge in [0.1, 0.15) is 65.6 Å². The van der Waals surface area contributed by atoms with Gasteiger partial charge in [-0.25, -0.2) is 15.0 Å². The first kappa shape index (κ1) is 53.5. The summed E-state index contributed by atoms with van der Waals surface area (Å²) in [5.41, 5.74) is 10.9. The molecular weight excluding hydrogens is 950 g/mol. The van der Waals surface area contributed by atoms with Gasteiger partial charge in [0.2, 0.25) is 11.8 Å². The van der Waals surface area contributed by atoms with E-state index in [2.05, 4.69) is 20.3 Å². The molecule has 2 aromatic carbocycles. The number of nitrogens with zero attached hydrogens (tertiary/aromatic N) is 5. The molecular formula is C52H66ClN7O10S. The van der Waals surface area contributed by atoms with Crippen LogP contribution in [0.4, 0.5) is 5.82 Å². The molecule has 2 amide bonds. The summed E-state index contributed by atoms with van der Waals surface area (Å²) in [7, 11) is 0. The smallest absolute Gasteiger partial charge is 0.243 e. The zero-order valence-corrected chi connectivity index (χ0v) is 42.3. The fourth-order valence-corrected chi connectivity index (χ4v) is 10.4. The zero-order valence-electron chi connectivity index (χ0n) is 40.7. The van der Waals surface area contributed by atoms with Gasteiger partial charge in [-0.2, -0.15) is 0 Å². The first-order chi connectivity index (χ1) is 33.9. The number of anilines is 1. The first-order valence-electron chi connectivity index (χ1n) is 24.4. The van der Waals surface area contributed by atoms with E-state index in [0.717, 1.165) is 47.4 Å². The van der Waals surface area contributed by atoms with Gasteiger partial charge < -0.3 is 50.4 Å². The van der Waals surface area contributed by atoms with Crippen molar-refractivity contribution in [1.29, 1.82) is 0 Å². The van der Waals surface area contributed by atoms with Gasteiger partial charge in [0.15, 0.2) is 6.23 Å². The van der Waals surface area contributed by atoms with Crippen molar-refractivity contribution in [2.75, 3.05) is 18.9 Å². The molecule has 7 N–H and O–H groups in total. The maximum atomic E-state index is 14.1. The standard InChI is InChI=1S/C52H66ClN7O10S/c1-30-46(71-29-58-30)32-16-14-31(15-17-32)26-55-49(67)40-25-36(63)27-60(40)50(68)38(52(2,3)4)24-35(62)12-9-7-5-6-8-11-34(61)13-10-22-69-41-23-33(18-19-39(41)53)42(64)45-43(65)44(66)51(70-45)59-21-20-37-47(54)56-28-57-48(37)59/h14-21,23,28-29,36,38,40,42-45,51,63-66H,5-13,22,24-27H2,1-4H3,(H,55,67)(H2,54,56,57)/t36-,38-,40+,42-,43+,44-,45-,51-/m1/s1. The number of ketones is 2. The lowest BCUT2D eigenvalue weighted by molar-refractivity contribution is -0.146. The molecule has 19 heteroatoms. The fourth-order valence-electron chi connectivity index (χ4n) is 9.39. The van der Waals surface area contributed by atoms with E-state index in [0.29, 0.717) is 59.5 Å². The van der Waals surface area contributed by atoms with Gasteiger partial charge in [0, 0.05) is 57.3 Å². The van der Waals surface area contributed by atoms with E-state index in [1.807, 2.05) is 57.5 Å².